The summed E-state index contributed by atoms with van der Waals surface area (Å²) in [6, 6.07) is 7.06. The molecule has 0 radical (unpaired) electrons. The zero-order valence-electron chi connectivity index (χ0n) is 9.90. The molecule has 0 saturated carbocycles. The summed E-state index contributed by atoms with van der Waals surface area (Å²) in [5.41, 5.74) is -0.584. The van der Waals surface area contributed by atoms with Crippen LogP contribution in [0, 0.1) is 11.8 Å². The van der Waals surface area contributed by atoms with Gasteiger partial charge in [-0.3, -0.25) is 4.79 Å². The summed E-state index contributed by atoms with van der Waals surface area (Å²) in [5.74, 6) is 4.85. The largest absolute Gasteiger partial charge is 0.509 e. The summed E-state index contributed by atoms with van der Waals surface area (Å²) >= 11 is 3.30. The van der Waals surface area contributed by atoms with Crippen molar-refractivity contribution < 1.29 is 19.1 Å². The van der Waals surface area contributed by atoms with E-state index < -0.39 is 11.8 Å². The minimum absolute atomic E-state index is 0.442. The summed E-state index contributed by atoms with van der Waals surface area (Å²) in [7, 11) is 1.21. The fourth-order valence-corrected chi connectivity index (χ4v) is 1.56. The molecule has 4 nitrogen and oxygen atoms in total. The second-order valence-electron chi connectivity index (χ2n) is 3.48. The molecule has 0 saturated heterocycles. The average molecular weight is 311 g/mol. The van der Waals surface area contributed by atoms with E-state index in [1.165, 1.54) is 7.11 Å². The van der Waals surface area contributed by atoms with Crippen LogP contribution in [0.5, 0.6) is 0 Å². The highest BCUT2D eigenvalue weighted by Gasteiger charge is 2.29. The summed E-state index contributed by atoms with van der Waals surface area (Å²) in [5, 5.41) is 0. The van der Waals surface area contributed by atoms with Crippen LogP contribution in [0.25, 0.3) is 0 Å². The number of benzene rings is 1. The van der Waals surface area contributed by atoms with Gasteiger partial charge in [0.15, 0.2) is 11.9 Å². The van der Waals surface area contributed by atoms with E-state index in [4.69, 9.17) is 4.74 Å². The van der Waals surface area contributed by atoms with Crippen molar-refractivity contribution in [1.29, 1.82) is 0 Å². The van der Waals surface area contributed by atoms with Crippen LogP contribution in [0.4, 0.5) is 4.79 Å². The van der Waals surface area contributed by atoms with Gasteiger partial charge in [-0.1, -0.05) is 28.1 Å². The standard InChI is InChI=1S/C13H11BrO4/c1-13(8-3-9-15,18-12(16)17-2)10-4-6-11(14)7-5-10/h4-7,9H,1-2H3. The van der Waals surface area contributed by atoms with E-state index in [0.717, 1.165) is 4.47 Å². The second-order valence-corrected chi connectivity index (χ2v) is 4.40. The van der Waals surface area contributed by atoms with Crippen LogP contribution < -0.4 is 0 Å². The van der Waals surface area contributed by atoms with Crippen molar-refractivity contribution >= 4 is 28.4 Å². The third-order valence-electron chi connectivity index (χ3n) is 2.22. The monoisotopic (exact) mass is 310 g/mol. The van der Waals surface area contributed by atoms with Crippen molar-refractivity contribution in [2.24, 2.45) is 0 Å². The van der Waals surface area contributed by atoms with Gasteiger partial charge in [0.2, 0.25) is 0 Å². The molecule has 1 aromatic rings. The van der Waals surface area contributed by atoms with Gasteiger partial charge in [-0.15, -0.1) is 0 Å². The first kappa shape index (κ1) is 14.3. The third kappa shape index (κ3) is 3.60. The van der Waals surface area contributed by atoms with Gasteiger partial charge in [0.25, 0.3) is 0 Å². The molecule has 0 amide bonds. The summed E-state index contributed by atoms with van der Waals surface area (Å²) in [6.45, 7) is 1.59. The lowest BCUT2D eigenvalue weighted by molar-refractivity contribution is -0.103. The second kappa shape index (κ2) is 6.22. The van der Waals surface area contributed by atoms with Crippen molar-refractivity contribution in [1.82, 2.24) is 0 Å². The van der Waals surface area contributed by atoms with Crippen molar-refractivity contribution in [3.63, 3.8) is 0 Å². The molecule has 0 bridgehead atoms. The minimum atomic E-state index is -1.23. The molecule has 1 unspecified atom stereocenters. The number of ether oxygens (including phenoxy) is 2. The SMILES string of the molecule is COC(=O)OC(C)(C#CC=O)c1ccc(Br)cc1. The molecule has 1 rings (SSSR count). The Hall–Kier alpha value is -1.80. The molecule has 1 atom stereocenters. The summed E-state index contributed by atoms with van der Waals surface area (Å²) in [6.07, 6.45) is -0.418. The van der Waals surface area contributed by atoms with Crippen LogP contribution in [-0.2, 0) is 19.9 Å². The summed E-state index contributed by atoms with van der Waals surface area (Å²) in [4.78, 5) is 21.6. The van der Waals surface area contributed by atoms with Crippen molar-refractivity contribution in [3.05, 3.63) is 34.3 Å². The average Bonchev–Trinajstić information content (AvgIpc) is 2.37. The first-order valence-electron chi connectivity index (χ1n) is 5.01. The lowest BCUT2D eigenvalue weighted by atomic mass is 9.96. The van der Waals surface area contributed by atoms with Crippen LogP contribution in [0.15, 0.2) is 28.7 Å². The first-order valence-corrected chi connectivity index (χ1v) is 5.80. The molecule has 0 aliphatic heterocycles. The molecular formula is C13H11BrO4. The fraction of sp³-hybridized carbons (Fsp3) is 0.231. The zero-order valence-corrected chi connectivity index (χ0v) is 11.5. The zero-order chi connectivity index (χ0) is 13.6. The number of carbonyl (C=O) groups is 2. The van der Waals surface area contributed by atoms with Gasteiger partial charge in [-0.2, -0.15) is 0 Å². The van der Waals surface area contributed by atoms with Gasteiger partial charge in [-0.05, 0) is 30.9 Å². The van der Waals surface area contributed by atoms with Crippen molar-refractivity contribution in [2.75, 3.05) is 7.11 Å². The molecule has 0 spiro atoms. The molecular weight excluding hydrogens is 300 g/mol. The van der Waals surface area contributed by atoms with E-state index in [-0.39, 0.29) is 0 Å². The Balaban J connectivity index is 3.14. The Labute approximate surface area is 113 Å². The van der Waals surface area contributed by atoms with Gasteiger partial charge in [-0.25, -0.2) is 4.79 Å². The number of methoxy groups -OCH3 is 1. The fourth-order valence-electron chi connectivity index (χ4n) is 1.30. The first-order chi connectivity index (χ1) is 8.51. The van der Waals surface area contributed by atoms with E-state index in [2.05, 4.69) is 32.5 Å². The molecule has 94 valence electrons. The topological polar surface area (TPSA) is 52.6 Å². The van der Waals surface area contributed by atoms with Crippen molar-refractivity contribution in [2.45, 2.75) is 12.5 Å². The molecule has 0 N–H and O–H groups in total. The Morgan fingerprint density at radius 2 is 2.00 bits per heavy atom. The van der Waals surface area contributed by atoms with Gasteiger partial charge < -0.3 is 9.47 Å². The molecule has 0 aliphatic rings. The predicted molar refractivity (Wildman–Crippen MR) is 68.8 cm³/mol. The van der Waals surface area contributed by atoms with Gasteiger partial charge in [0.05, 0.1) is 7.11 Å². The Morgan fingerprint density at radius 3 is 2.50 bits per heavy atom. The molecule has 5 heteroatoms. The number of hydrogen-bond acceptors (Lipinski definition) is 4. The van der Waals surface area contributed by atoms with Crippen LogP contribution >= 0.6 is 15.9 Å². The maximum atomic E-state index is 11.2. The van der Waals surface area contributed by atoms with Crippen molar-refractivity contribution in [3.8, 4) is 11.8 Å². The Kier molecular flexibility index (Phi) is 4.93. The smallest absolute Gasteiger partial charge is 0.438 e. The molecule has 0 heterocycles. The number of halogens is 1. The number of carbonyl (C=O) groups excluding carboxylic acids is 2. The van der Waals surface area contributed by atoms with Crippen LogP contribution in [0.3, 0.4) is 0 Å². The maximum absolute atomic E-state index is 11.2. The normalized spacial score (nSPS) is 12.6. The molecule has 0 aromatic heterocycles. The minimum Gasteiger partial charge on any atom is -0.438 e. The van der Waals surface area contributed by atoms with E-state index in [0.29, 0.717) is 11.8 Å². The van der Waals surface area contributed by atoms with Crippen LogP contribution in [0.1, 0.15) is 12.5 Å². The molecule has 1 aromatic carbocycles. The Morgan fingerprint density at radius 1 is 1.39 bits per heavy atom. The van der Waals surface area contributed by atoms with Crippen LogP contribution in [-0.4, -0.2) is 19.6 Å². The van der Waals surface area contributed by atoms with Gasteiger partial charge in [0, 0.05) is 10.0 Å². The summed E-state index contributed by atoms with van der Waals surface area (Å²) < 4.78 is 10.4. The molecule has 18 heavy (non-hydrogen) atoms. The molecule has 0 aliphatic carbocycles. The van der Waals surface area contributed by atoms with Crippen LogP contribution in [0.2, 0.25) is 0 Å². The highest BCUT2D eigenvalue weighted by atomic mass is 79.9. The number of aldehydes is 1. The quantitative estimate of drug-likeness (QED) is 0.479. The third-order valence-corrected chi connectivity index (χ3v) is 2.75. The molecule has 0 fully saturated rings. The van der Waals surface area contributed by atoms with E-state index in [1.807, 2.05) is 0 Å². The lowest BCUT2D eigenvalue weighted by Gasteiger charge is -2.23. The number of hydrogen-bond donors (Lipinski definition) is 0. The van der Waals surface area contributed by atoms with E-state index in [9.17, 15) is 9.59 Å². The maximum Gasteiger partial charge on any atom is 0.509 e. The lowest BCUT2D eigenvalue weighted by Crippen LogP contribution is -2.27. The predicted octanol–water partition coefficient (Wildman–Crippen LogP) is 2.65. The highest BCUT2D eigenvalue weighted by molar-refractivity contribution is 9.10. The van der Waals surface area contributed by atoms with Gasteiger partial charge >= 0.3 is 6.16 Å². The van der Waals surface area contributed by atoms with E-state index >= 15 is 0 Å². The number of rotatable bonds is 2. The van der Waals surface area contributed by atoms with Gasteiger partial charge in [0.1, 0.15) is 0 Å². The highest BCUT2D eigenvalue weighted by Crippen LogP contribution is 2.26. The van der Waals surface area contributed by atoms with E-state index in [1.54, 1.807) is 31.2 Å². The Bertz CT molecular complexity index is 498.